The van der Waals surface area contributed by atoms with Crippen LogP contribution in [0.1, 0.15) is 19.4 Å². The predicted molar refractivity (Wildman–Crippen MR) is 85.3 cm³/mol. The Morgan fingerprint density at radius 2 is 2.00 bits per heavy atom. The first kappa shape index (κ1) is 16.3. The summed E-state index contributed by atoms with van der Waals surface area (Å²) in [4.78, 5) is 4.63. The normalized spacial score (nSPS) is 12.8. The lowest BCUT2D eigenvalue weighted by Crippen LogP contribution is -2.40. The highest BCUT2D eigenvalue weighted by atomic mass is 35.5. The number of nitrogens with zero attached hydrogens (tertiary/aromatic N) is 2. The van der Waals surface area contributed by atoms with Gasteiger partial charge in [0.25, 0.3) is 0 Å². The van der Waals surface area contributed by atoms with Gasteiger partial charge in [0.15, 0.2) is 0 Å². The van der Waals surface area contributed by atoms with Crippen LogP contribution in [-0.2, 0) is 6.54 Å². The molecule has 1 aromatic rings. The van der Waals surface area contributed by atoms with Gasteiger partial charge in [-0.15, -0.1) is 0 Å². The van der Waals surface area contributed by atoms with Gasteiger partial charge in [0.2, 0.25) is 0 Å². The second kappa shape index (κ2) is 7.73. The topological polar surface area (TPSA) is 18.5 Å². The van der Waals surface area contributed by atoms with E-state index in [0.717, 1.165) is 24.7 Å². The van der Waals surface area contributed by atoms with E-state index in [9.17, 15) is 0 Å². The summed E-state index contributed by atoms with van der Waals surface area (Å²) >= 11 is 6.34. The van der Waals surface area contributed by atoms with Crippen molar-refractivity contribution in [1.82, 2.24) is 10.2 Å². The molecule has 108 valence electrons. The van der Waals surface area contributed by atoms with Gasteiger partial charge in [-0.2, -0.15) is 0 Å². The lowest BCUT2D eigenvalue weighted by atomic mass is 10.1. The van der Waals surface area contributed by atoms with E-state index >= 15 is 0 Å². The summed E-state index contributed by atoms with van der Waals surface area (Å²) in [6, 6.07) is 6.60. The third-order valence-electron chi connectivity index (χ3n) is 3.26. The number of hydrogen-bond acceptors (Lipinski definition) is 3. The molecule has 0 bridgehead atoms. The van der Waals surface area contributed by atoms with Crippen molar-refractivity contribution in [2.24, 2.45) is 0 Å². The van der Waals surface area contributed by atoms with E-state index in [2.05, 4.69) is 49.1 Å². The second-order valence-corrected chi connectivity index (χ2v) is 5.57. The van der Waals surface area contributed by atoms with Crippen LogP contribution in [0.15, 0.2) is 18.2 Å². The summed E-state index contributed by atoms with van der Waals surface area (Å²) in [5, 5.41) is 4.04. The Bertz CT molecular complexity index is 393. The van der Waals surface area contributed by atoms with Crippen molar-refractivity contribution in [2.45, 2.75) is 26.4 Å². The molecule has 0 fully saturated rings. The van der Waals surface area contributed by atoms with Gasteiger partial charge in [0.1, 0.15) is 0 Å². The Kier molecular flexibility index (Phi) is 6.63. The second-order valence-electron chi connectivity index (χ2n) is 5.17. The molecule has 0 spiro atoms. The van der Waals surface area contributed by atoms with Crippen LogP contribution in [0.25, 0.3) is 0 Å². The van der Waals surface area contributed by atoms with Crippen LogP contribution < -0.4 is 10.2 Å². The molecule has 1 aromatic carbocycles. The smallest absolute Gasteiger partial charge is 0.0471 e. The van der Waals surface area contributed by atoms with Gasteiger partial charge in [0, 0.05) is 41.9 Å². The standard InChI is InChI=1S/C15H26ClN3/c1-6-19(12(2)11-18(4)5)15-9-7-8-14(16)13(15)10-17-3/h7-9,12,17H,6,10-11H2,1-5H3. The van der Waals surface area contributed by atoms with E-state index < -0.39 is 0 Å². The Morgan fingerprint density at radius 1 is 1.32 bits per heavy atom. The number of nitrogens with one attached hydrogen (secondary N) is 1. The molecule has 19 heavy (non-hydrogen) atoms. The number of rotatable bonds is 7. The highest BCUT2D eigenvalue weighted by molar-refractivity contribution is 6.31. The molecule has 1 rings (SSSR count). The molecular formula is C15H26ClN3. The molecule has 4 heteroatoms. The van der Waals surface area contributed by atoms with E-state index in [4.69, 9.17) is 11.6 Å². The molecule has 0 aliphatic carbocycles. The summed E-state index contributed by atoms with van der Waals surface area (Å²) in [5.74, 6) is 0. The lowest BCUT2D eigenvalue weighted by Gasteiger charge is -2.34. The fourth-order valence-corrected chi connectivity index (χ4v) is 2.75. The summed E-state index contributed by atoms with van der Waals surface area (Å²) in [5.41, 5.74) is 2.41. The van der Waals surface area contributed by atoms with E-state index in [1.807, 2.05) is 19.2 Å². The molecule has 0 aliphatic heterocycles. The maximum atomic E-state index is 6.34. The molecule has 1 N–H and O–H groups in total. The molecule has 0 aliphatic rings. The fourth-order valence-electron chi connectivity index (χ4n) is 2.51. The van der Waals surface area contributed by atoms with Gasteiger partial charge in [-0.05, 0) is 47.1 Å². The van der Waals surface area contributed by atoms with E-state index in [1.54, 1.807) is 0 Å². The minimum atomic E-state index is 0.453. The summed E-state index contributed by atoms with van der Waals surface area (Å²) in [6.45, 7) is 7.25. The Morgan fingerprint density at radius 3 is 2.53 bits per heavy atom. The van der Waals surface area contributed by atoms with Crippen LogP contribution in [0.4, 0.5) is 5.69 Å². The average molecular weight is 284 g/mol. The Hall–Kier alpha value is -0.770. The number of benzene rings is 1. The maximum Gasteiger partial charge on any atom is 0.0471 e. The zero-order chi connectivity index (χ0) is 14.4. The molecule has 0 radical (unpaired) electrons. The predicted octanol–water partition coefficient (Wildman–Crippen LogP) is 2.84. The van der Waals surface area contributed by atoms with Gasteiger partial charge < -0.3 is 15.1 Å². The highest BCUT2D eigenvalue weighted by Crippen LogP contribution is 2.28. The van der Waals surface area contributed by atoms with Gasteiger partial charge in [0.05, 0.1) is 0 Å². The highest BCUT2D eigenvalue weighted by Gasteiger charge is 2.17. The van der Waals surface area contributed by atoms with E-state index in [1.165, 1.54) is 11.3 Å². The molecule has 1 atom stereocenters. The van der Waals surface area contributed by atoms with Crippen LogP contribution >= 0.6 is 11.6 Å². The molecule has 0 saturated carbocycles. The van der Waals surface area contributed by atoms with Crippen molar-refractivity contribution < 1.29 is 0 Å². The van der Waals surface area contributed by atoms with Crippen LogP contribution in [0.5, 0.6) is 0 Å². The first-order valence-corrected chi connectivity index (χ1v) is 7.22. The number of likely N-dealkylation sites (N-methyl/N-ethyl adjacent to an activating group) is 2. The summed E-state index contributed by atoms with van der Waals surface area (Å²) in [6.07, 6.45) is 0. The molecule has 3 nitrogen and oxygen atoms in total. The minimum Gasteiger partial charge on any atom is -0.368 e. The summed E-state index contributed by atoms with van der Waals surface area (Å²) in [7, 11) is 6.17. The number of halogens is 1. The first-order chi connectivity index (χ1) is 9.01. The fraction of sp³-hybridized carbons (Fsp3) is 0.600. The van der Waals surface area contributed by atoms with Crippen LogP contribution in [-0.4, -0.2) is 45.2 Å². The lowest BCUT2D eigenvalue weighted by molar-refractivity contribution is 0.372. The van der Waals surface area contributed by atoms with Crippen molar-refractivity contribution in [2.75, 3.05) is 39.1 Å². The Balaban J connectivity index is 3.06. The quantitative estimate of drug-likeness (QED) is 0.830. The molecule has 1 unspecified atom stereocenters. The van der Waals surface area contributed by atoms with Gasteiger partial charge in [-0.25, -0.2) is 0 Å². The van der Waals surface area contributed by atoms with Crippen molar-refractivity contribution in [3.63, 3.8) is 0 Å². The average Bonchev–Trinajstić information content (AvgIpc) is 2.33. The van der Waals surface area contributed by atoms with Crippen molar-refractivity contribution in [3.8, 4) is 0 Å². The van der Waals surface area contributed by atoms with Crippen molar-refractivity contribution in [3.05, 3.63) is 28.8 Å². The largest absolute Gasteiger partial charge is 0.368 e. The van der Waals surface area contributed by atoms with Crippen LogP contribution in [0.2, 0.25) is 5.02 Å². The first-order valence-electron chi connectivity index (χ1n) is 6.84. The van der Waals surface area contributed by atoms with Crippen LogP contribution in [0, 0.1) is 0 Å². The monoisotopic (exact) mass is 283 g/mol. The zero-order valence-electron chi connectivity index (χ0n) is 12.7. The van der Waals surface area contributed by atoms with Gasteiger partial charge in [-0.1, -0.05) is 17.7 Å². The molecule has 0 aromatic heterocycles. The minimum absolute atomic E-state index is 0.453. The molecular weight excluding hydrogens is 258 g/mol. The molecule has 0 saturated heterocycles. The summed E-state index contributed by atoms with van der Waals surface area (Å²) < 4.78 is 0. The van der Waals surface area contributed by atoms with Crippen molar-refractivity contribution in [1.29, 1.82) is 0 Å². The van der Waals surface area contributed by atoms with E-state index in [-0.39, 0.29) is 0 Å². The van der Waals surface area contributed by atoms with Gasteiger partial charge in [-0.3, -0.25) is 0 Å². The third kappa shape index (κ3) is 4.37. The Labute approximate surface area is 122 Å². The number of hydrogen-bond donors (Lipinski definition) is 1. The number of anilines is 1. The maximum absolute atomic E-state index is 6.34. The SMILES string of the molecule is CCN(c1cccc(Cl)c1CNC)C(C)CN(C)C. The molecule has 0 heterocycles. The molecule has 0 amide bonds. The van der Waals surface area contributed by atoms with E-state index in [0.29, 0.717) is 6.04 Å². The van der Waals surface area contributed by atoms with Crippen molar-refractivity contribution >= 4 is 17.3 Å². The third-order valence-corrected chi connectivity index (χ3v) is 3.61. The van der Waals surface area contributed by atoms with Crippen LogP contribution in [0.3, 0.4) is 0 Å². The van der Waals surface area contributed by atoms with Gasteiger partial charge >= 0.3 is 0 Å². The zero-order valence-corrected chi connectivity index (χ0v) is 13.5.